The summed E-state index contributed by atoms with van der Waals surface area (Å²) in [5.74, 6) is 0.0548. The number of ether oxygens (including phenoxy) is 1. The lowest BCUT2D eigenvalue weighted by atomic mass is 9.83. The summed E-state index contributed by atoms with van der Waals surface area (Å²) in [6.45, 7) is 5.77. The molecule has 2 fully saturated rings. The van der Waals surface area contributed by atoms with Gasteiger partial charge in [0, 0.05) is 13.2 Å². The lowest BCUT2D eigenvalue weighted by Crippen LogP contribution is -2.71. The van der Waals surface area contributed by atoms with E-state index < -0.39 is 5.54 Å². The van der Waals surface area contributed by atoms with Crippen LogP contribution in [0.2, 0.25) is 0 Å². The van der Waals surface area contributed by atoms with Crippen molar-refractivity contribution in [3.8, 4) is 0 Å². The summed E-state index contributed by atoms with van der Waals surface area (Å²) in [5, 5.41) is 2.96. The molecule has 2 amide bonds. The molecule has 0 radical (unpaired) electrons. The normalized spacial score (nSPS) is 33.0. The number of carbonyl (C=O) groups is 2. The van der Waals surface area contributed by atoms with E-state index in [1.165, 1.54) is 0 Å². The number of piperazine rings is 1. The number of amides is 2. The first-order valence-electron chi connectivity index (χ1n) is 8.16. The third kappa shape index (κ3) is 2.80. The van der Waals surface area contributed by atoms with Crippen LogP contribution in [0.3, 0.4) is 0 Å². The van der Waals surface area contributed by atoms with E-state index in [4.69, 9.17) is 4.74 Å². The summed E-state index contributed by atoms with van der Waals surface area (Å²) >= 11 is 0. The van der Waals surface area contributed by atoms with Crippen molar-refractivity contribution in [2.45, 2.75) is 83.0 Å². The van der Waals surface area contributed by atoms with E-state index in [0.717, 1.165) is 25.7 Å². The standard InChI is InChI=1S/C16H28N2O3/c1-5-16(6-2)15(20)18(11(3)14(19)17-16)12-8-7-9-13(10-12)21-4/h11-13H,5-10H2,1-4H3,(H,17,19). The molecule has 0 bridgehead atoms. The second-order valence-electron chi connectivity index (χ2n) is 6.35. The minimum absolute atomic E-state index is 0.0298. The van der Waals surface area contributed by atoms with Crippen molar-refractivity contribution in [1.29, 1.82) is 0 Å². The third-order valence-electron chi connectivity index (χ3n) is 5.34. The Morgan fingerprint density at radius 3 is 2.52 bits per heavy atom. The van der Waals surface area contributed by atoms with Gasteiger partial charge in [-0.05, 0) is 45.4 Å². The highest BCUT2D eigenvalue weighted by atomic mass is 16.5. The molecule has 1 aliphatic carbocycles. The van der Waals surface area contributed by atoms with E-state index in [2.05, 4.69) is 5.32 Å². The van der Waals surface area contributed by atoms with Crippen LogP contribution in [0.4, 0.5) is 0 Å². The van der Waals surface area contributed by atoms with Gasteiger partial charge < -0.3 is 15.0 Å². The molecular weight excluding hydrogens is 268 g/mol. The van der Waals surface area contributed by atoms with Gasteiger partial charge in [0.2, 0.25) is 11.8 Å². The predicted molar refractivity (Wildman–Crippen MR) is 80.8 cm³/mol. The zero-order valence-corrected chi connectivity index (χ0v) is 13.6. The molecular formula is C16H28N2O3. The molecule has 120 valence electrons. The SMILES string of the molecule is CCC1(CC)NC(=O)C(C)N(C2CCCC(OC)C2)C1=O. The highest BCUT2D eigenvalue weighted by molar-refractivity contribution is 5.99. The topological polar surface area (TPSA) is 58.6 Å². The van der Waals surface area contributed by atoms with E-state index in [1.54, 1.807) is 7.11 Å². The van der Waals surface area contributed by atoms with Crippen LogP contribution in [-0.2, 0) is 14.3 Å². The van der Waals surface area contributed by atoms with Crippen LogP contribution in [-0.4, -0.2) is 47.6 Å². The van der Waals surface area contributed by atoms with Crippen LogP contribution in [0.1, 0.15) is 59.3 Å². The van der Waals surface area contributed by atoms with Gasteiger partial charge in [-0.1, -0.05) is 13.8 Å². The third-order valence-corrected chi connectivity index (χ3v) is 5.34. The highest BCUT2D eigenvalue weighted by Gasteiger charge is 2.49. The minimum Gasteiger partial charge on any atom is -0.381 e. The lowest BCUT2D eigenvalue weighted by Gasteiger charge is -2.49. The minimum atomic E-state index is -0.719. The van der Waals surface area contributed by atoms with Crippen molar-refractivity contribution in [3.63, 3.8) is 0 Å². The van der Waals surface area contributed by atoms with Gasteiger partial charge in [0.25, 0.3) is 0 Å². The summed E-state index contributed by atoms with van der Waals surface area (Å²) in [6.07, 6.45) is 5.37. The molecule has 1 saturated heterocycles. The first-order valence-corrected chi connectivity index (χ1v) is 8.16. The Morgan fingerprint density at radius 2 is 1.95 bits per heavy atom. The van der Waals surface area contributed by atoms with Gasteiger partial charge in [-0.25, -0.2) is 0 Å². The maximum absolute atomic E-state index is 13.0. The fourth-order valence-corrected chi connectivity index (χ4v) is 3.74. The lowest BCUT2D eigenvalue weighted by molar-refractivity contribution is -0.159. The van der Waals surface area contributed by atoms with Crippen LogP contribution in [0, 0.1) is 0 Å². The Kier molecular flexibility index (Phi) is 4.91. The van der Waals surface area contributed by atoms with Crippen LogP contribution >= 0.6 is 0 Å². The first kappa shape index (κ1) is 16.3. The number of nitrogens with zero attached hydrogens (tertiary/aromatic N) is 1. The summed E-state index contributed by atoms with van der Waals surface area (Å²) < 4.78 is 5.48. The second kappa shape index (κ2) is 6.34. The van der Waals surface area contributed by atoms with Crippen LogP contribution in [0.15, 0.2) is 0 Å². The van der Waals surface area contributed by atoms with Crippen LogP contribution in [0.5, 0.6) is 0 Å². The molecule has 1 aliphatic heterocycles. The van der Waals surface area contributed by atoms with Crippen LogP contribution < -0.4 is 5.32 Å². The first-order chi connectivity index (χ1) is 9.99. The monoisotopic (exact) mass is 296 g/mol. The number of hydrogen-bond acceptors (Lipinski definition) is 3. The average Bonchev–Trinajstić information content (AvgIpc) is 2.51. The van der Waals surface area contributed by atoms with Crippen molar-refractivity contribution in [2.75, 3.05) is 7.11 Å². The predicted octanol–water partition coefficient (Wildman–Crippen LogP) is 1.85. The molecule has 1 N–H and O–H groups in total. The van der Waals surface area contributed by atoms with E-state index in [0.29, 0.717) is 12.8 Å². The summed E-state index contributed by atoms with van der Waals surface area (Å²) in [5.41, 5.74) is -0.719. The zero-order valence-electron chi connectivity index (χ0n) is 13.6. The van der Waals surface area contributed by atoms with Gasteiger partial charge in [0.15, 0.2) is 0 Å². The van der Waals surface area contributed by atoms with E-state index in [9.17, 15) is 9.59 Å². The molecule has 5 nitrogen and oxygen atoms in total. The van der Waals surface area contributed by atoms with E-state index in [-0.39, 0.29) is 30.0 Å². The Bertz CT molecular complexity index is 406. The molecule has 1 saturated carbocycles. The Balaban J connectivity index is 2.26. The van der Waals surface area contributed by atoms with Gasteiger partial charge in [0.1, 0.15) is 11.6 Å². The van der Waals surface area contributed by atoms with Gasteiger partial charge in [0.05, 0.1) is 6.10 Å². The number of methoxy groups -OCH3 is 1. The quantitative estimate of drug-likeness (QED) is 0.861. The number of hydrogen-bond donors (Lipinski definition) is 1. The van der Waals surface area contributed by atoms with Crippen LogP contribution in [0.25, 0.3) is 0 Å². The number of rotatable bonds is 4. The largest absolute Gasteiger partial charge is 0.381 e. The van der Waals surface area contributed by atoms with Crippen molar-refractivity contribution in [3.05, 3.63) is 0 Å². The Hall–Kier alpha value is -1.10. The second-order valence-corrected chi connectivity index (χ2v) is 6.35. The molecule has 0 aromatic carbocycles. The number of nitrogens with one attached hydrogen (secondary N) is 1. The van der Waals surface area contributed by atoms with Crippen molar-refractivity contribution in [2.24, 2.45) is 0 Å². The van der Waals surface area contributed by atoms with E-state index in [1.807, 2.05) is 25.7 Å². The molecule has 2 aliphatic rings. The number of carbonyl (C=O) groups excluding carboxylic acids is 2. The molecule has 5 heteroatoms. The molecule has 1 heterocycles. The Morgan fingerprint density at radius 1 is 1.29 bits per heavy atom. The summed E-state index contributed by atoms with van der Waals surface area (Å²) in [7, 11) is 1.73. The molecule has 0 aromatic rings. The zero-order chi connectivity index (χ0) is 15.6. The van der Waals surface area contributed by atoms with Gasteiger partial charge >= 0.3 is 0 Å². The van der Waals surface area contributed by atoms with Crippen molar-refractivity contribution in [1.82, 2.24) is 10.2 Å². The molecule has 3 unspecified atom stereocenters. The van der Waals surface area contributed by atoms with Gasteiger partial charge in [-0.2, -0.15) is 0 Å². The van der Waals surface area contributed by atoms with Crippen molar-refractivity contribution >= 4 is 11.8 Å². The summed E-state index contributed by atoms with van der Waals surface area (Å²) in [4.78, 5) is 27.2. The summed E-state index contributed by atoms with van der Waals surface area (Å²) in [6, 6.07) is -0.265. The Labute approximate surface area is 127 Å². The molecule has 0 spiro atoms. The maximum atomic E-state index is 13.0. The van der Waals surface area contributed by atoms with Crippen molar-refractivity contribution < 1.29 is 14.3 Å². The molecule has 3 atom stereocenters. The smallest absolute Gasteiger partial charge is 0.249 e. The molecule has 2 rings (SSSR count). The van der Waals surface area contributed by atoms with Gasteiger partial charge in [-0.15, -0.1) is 0 Å². The molecule has 21 heavy (non-hydrogen) atoms. The highest BCUT2D eigenvalue weighted by Crippen LogP contribution is 2.32. The molecule has 0 aromatic heterocycles. The fraction of sp³-hybridized carbons (Fsp3) is 0.875. The maximum Gasteiger partial charge on any atom is 0.249 e. The average molecular weight is 296 g/mol. The fourth-order valence-electron chi connectivity index (χ4n) is 3.74. The van der Waals surface area contributed by atoms with Gasteiger partial charge in [-0.3, -0.25) is 9.59 Å². The van der Waals surface area contributed by atoms with E-state index >= 15 is 0 Å².